The van der Waals surface area contributed by atoms with Gasteiger partial charge < -0.3 is 15.4 Å². The first kappa shape index (κ1) is 12.9. The Balaban J connectivity index is 2.16. The number of aryl methyl sites for hydroxylation is 1. The van der Waals surface area contributed by atoms with Crippen LogP contribution < -0.4 is 10.5 Å². The lowest BCUT2D eigenvalue weighted by molar-refractivity contribution is 0.165. The molecule has 0 fully saturated rings. The quantitative estimate of drug-likeness (QED) is 0.874. The fraction of sp³-hybridized carbons (Fsp3) is 0.500. The van der Waals surface area contributed by atoms with Gasteiger partial charge in [0.1, 0.15) is 5.75 Å². The smallest absolute Gasteiger partial charge is 0.410 e. The van der Waals surface area contributed by atoms with E-state index in [0.717, 1.165) is 24.8 Å². The molecule has 1 aromatic carbocycles. The van der Waals surface area contributed by atoms with Crippen LogP contribution in [0.15, 0.2) is 18.2 Å². The first-order chi connectivity index (χ1) is 8.61. The van der Waals surface area contributed by atoms with Crippen LogP contribution in [-0.2, 0) is 6.42 Å². The molecule has 4 nitrogen and oxygen atoms in total. The van der Waals surface area contributed by atoms with E-state index in [-0.39, 0.29) is 12.1 Å². The van der Waals surface area contributed by atoms with E-state index < -0.39 is 0 Å². The third kappa shape index (κ3) is 2.64. The number of ether oxygens (including phenoxy) is 1. The van der Waals surface area contributed by atoms with Gasteiger partial charge in [0.05, 0.1) is 0 Å². The van der Waals surface area contributed by atoms with Crippen LogP contribution in [0.1, 0.15) is 36.9 Å². The van der Waals surface area contributed by atoms with Crippen molar-refractivity contribution < 1.29 is 9.53 Å². The van der Waals surface area contributed by atoms with Gasteiger partial charge >= 0.3 is 6.09 Å². The molecule has 1 unspecified atom stereocenters. The predicted molar refractivity (Wildman–Crippen MR) is 70.6 cm³/mol. The maximum absolute atomic E-state index is 11.7. The van der Waals surface area contributed by atoms with E-state index in [1.807, 2.05) is 25.1 Å². The molecule has 0 aromatic heterocycles. The zero-order valence-corrected chi connectivity index (χ0v) is 11.0. The maximum atomic E-state index is 11.7. The standard InChI is InChI=1S/C14H20N2O2/c1-3-16(2)14(17)18-11-8-7-10-5-4-6-13(15)12(10)9-11/h7-9,13H,3-6,15H2,1-2H3. The molecule has 2 N–H and O–H groups in total. The topological polar surface area (TPSA) is 55.6 Å². The highest BCUT2D eigenvalue weighted by atomic mass is 16.6. The van der Waals surface area contributed by atoms with Crippen molar-refractivity contribution in [1.82, 2.24) is 4.90 Å². The van der Waals surface area contributed by atoms with Crippen LogP contribution in [0, 0.1) is 0 Å². The molecule has 1 aliphatic rings. The molecular formula is C14H20N2O2. The monoisotopic (exact) mass is 248 g/mol. The van der Waals surface area contributed by atoms with E-state index >= 15 is 0 Å². The Kier molecular flexibility index (Phi) is 3.87. The Hall–Kier alpha value is -1.55. The number of benzene rings is 1. The summed E-state index contributed by atoms with van der Waals surface area (Å²) in [7, 11) is 1.71. The number of nitrogens with zero attached hydrogens (tertiary/aromatic N) is 1. The number of amides is 1. The minimum absolute atomic E-state index is 0.0660. The number of hydrogen-bond donors (Lipinski definition) is 1. The minimum atomic E-state index is -0.332. The normalized spacial score (nSPS) is 18.1. The van der Waals surface area contributed by atoms with Crippen molar-refractivity contribution in [3.63, 3.8) is 0 Å². The fourth-order valence-electron chi connectivity index (χ4n) is 2.19. The highest BCUT2D eigenvalue weighted by Crippen LogP contribution is 2.30. The van der Waals surface area contributed by atoms with Crippen LogP contribution in [0.4, 0.5) is 4.79 Å². The number of hydrogen-bond acceptors (Lipinski definition) is 3. The average molecular weight is 248 g/mol. The second-order valence-corrected chi connectivity index (χ2v) is 4.74. The zero-order chi connectivity index (χ0) is 13.1. The van der Waals surface area contributed by atoms with Crippen molar-refractivity contribution in [1.29, 1.82) is 0 Å². The third-order valence-corrected chi connectivity index (χ3v) is 3.47. The van der Waals surface area contributed by atoms with Crippen molar-refractivity contribution in [2.75, 3.05) is 13.6 Å². The molecule has 0 saturated heterocycles. The van der Waals surface area contributed by atoms with Crippen LogP contribution in [-0.4, -0.2) is 24.6 Å². The summed E-state index contributed by atoms with van der Waals surface area (Å²) >= 11 is 0. The molecule has 0 spiro atoms. The molecule has 1 aliphatic carbocycles. The Morgan fingerprint density at radius 1 is 1.56 bits per heavy atom. The molecule has 0 saturated carbocycles. The number of carbonyl (C=O) groups is 1. The Labute approximate surface area is 108 Å². The lowest BCUT2D eigenvalue weighted by Crippen LogP contribution is -2.29. The Bertz CT molecular complexity index is 445. The average Bonchev–Trinajstić information content (AvgIpc) is 2.38. The highest BCUT2D eigenvalue weighted by Gasteiger charge is 2.18. The molecule has 98 valence electrons. The first-order valence-corrected chi connectivity index (χ1v) is 6.43. The number of fused-ring (bicyclic) bond motifs is 1. The van der Waals surface area contributed by atoms with Gasteiger partial charge in [-0.2, -0.15) is 0 Å². The first-order valence-electron chi connectivity index (χ1n) is 6.43. The number of rotatable bonds is 2. The van der Waals surface area contributed by atoms with Crippen molar-refractivity contribution in [2.24, 2.45) is 5.73 Å². The molecule has 1 amide bonds. The summed E-state index contributed by atoms with van der Waals surface area (Å²) < 4.78 is 5.31. The van der Waals surface area contributed by atoms with E-state index in [4.69, 9.17) is 10.5 Å². The summed E-state index contributed by atoms with van der Waals surface area (Å²) in [5.41, 5.74) is 8.47. The third-order valence-electron chi connectivity index (χ3n) is 3.47. The number of carbonyl (C=O) groups excluding carboxylic acids is 1. The van der Waals surface area contributed by atoms with Gasteiger partial charge in [-0.05, 0) is 49.4 Å². The van der Waals surface area contributed by atoms with E-state index in [0.29, 0.717) is 12.3 Å². The summed E-state index contributed by atoms with van der Waals surface area (Å²) in [6.45, 7) is 2.54. The fourth-order valence-corrected chi connectivity index (χ4v) is 2.19. The molecular weight excluding hydrogens is 228 g/mol. The number of nitrogens with two attached hydrogens (primary N) is 1. The van der Waals surface area contributed by atoms with Gasteiger partial charge in [0, 0.05) is 19.6 Å². The van der Waals surface area contributed by atoms with Crippen molar-refractivity contribution in [3.8, 4) is 5.75 Å². The largest absolute Gasteiger partial charge is 0.414 e. The molecule has 0 radical (unpaired) electrons. The molecule has 0 heterocycles. The Morgan fingerprint density at radius 2 is 2.33 bits per heavy atom. The van der Waals surface area contributed by atoms with E-state index in [9.17, 15) is 4.79 Å². The van der Waals surface area contributed by atoms with Crippen LogP contribution >= 0.6 is 0 Å². The van der Waals surface area contributed by atoms with Crippen molar-refractivity contribution >= 4 is 6.09 Å². The minimum Gasteiger partial charge on any atom is -0.410 e. The van der Waals surface area contributed by atoms with Gasteiger partial charge in [-0.1, -0.05) is 6.07 Å². The van der Waals surface area contributed by atoms with Gasteiger partial charge in [0.2, 0.25) is 0 Å². The van der Waals surface area contributed by atoms with Gasteiger partial charge in [0.25, 0.3) is 0 Å². The van der Waals surface area contributed by atoms with Gasteiger partial charge in [-0.25, -0.2) is 4.79 Å². The maximum Gasteiger partial charge on any atom is 0.414 e. The van der Waals surface area contributed by atoms with Crippen LogP contribution in [0.25, 0.3) is 0 Å². The SMILES string of the molecule is CCN(C)C(=O)Oc1ccc2c(c1)C(N)CCC2. The lowest BCUT2D eigenvalue weighted by atomic mass is 9.88. The molecule has 2 rings (SSSR count). The molecule has 0 aliphatic heterocycles. The predicted octanol–water partition coefficient (Wildman–Crippen LogP) is 2.47. The molecule has 1 aromatic rings. The second-order valence-electron chi connectivity index (χ2n) is 4.74. The lowest BCUT2D eigenvalue weighted by Gasteiger charge is -2.23. The van der Waals surface area contributed by atoms with Crippen LogP contribution in [0.3, 0.4) is 0 Å². The molecule has 18 heavy (non-hydrogen) atoms. The highest BCUT2D eigenvalue weighted by molar-refractivity contribution is 5.70. The van der Waals surface area contributed by atoms with E-state index in [2.05, 4.69) is 0 Å². The molecule has 4 heteroatoms. The van der Waals surface area contributed by atoms with Gasteiger partial charge in [-0.3, -0.25) is 0 Å². The van der Waals surface area contributed by atoms with E-state index in [1.54, 1.807) is 7.05 Å². The Morgan fingerprint density at radius 3 is 3.06 bits per heavy atom. The summed E-state index contributed by atoms with van der Waals surface area (Å²) in [4.78, 5) is 13.2. The summed E-state index contributed by atoms with van der Waals surface area (Å²) in [6, 6.07) is 5.83. The summed E-state index contributed by atoms with van der Waals surface area (Å²) in [6.07, 6.45) is 2.86. The molecule has 0 bridgehead atoms. The summed E-state index contributed by atoms with van der Waals surface area (Å²) in [5.74, 6) is 0.580. The van der Waals surface area contributed by atoms with Crippen molar-refractivity contribution in [3.05, 3.63) is 29.3 Å². The van der Waals surface area contributed by atoms with Crippen molar-refractivity contribution in [2.45, 2.75) is 32.2 Å². The van der Waals surface area contributed by atoms with Gasteiger partial charge in [0.15, 0.2) is 0 Å². The summed E-state index contributed by atoms with van der Waals surface area (Å²) in [5, 5.41) is 0. The zero-order valence-electron chi connectivity index (χ0n) is 11.0. The second kappa shape index (κ2) is 5.40. The molecule has 1 atom stereocenters. The van der Waals surface area contributed by atoms with Gasteiger partial charge in [-0.15, -0.1) is 0 Å². The van der Waals surface area contributed by atoms with Crippen LogP contribution in [0.5, 0.6) is 5.75 Å². The van der Waals surface area contributed by atoms with E-state index in [1.165, 1.54) is 10.5 Å². The van der Waals surface area contributed by atoms with Crippen LogP contribution in [0.2, 0.25) is 0 Å².